The molecule has 2 unspecified atom stereocenters. The van der Waals surface area contributed by atoms with Gasteiger partial charge in [0.2, 0.25) is 0 Å². The van der Waals surface area contributed by atoms with E-state index in [1.54, 1.807) is 0 Å². The second-order valence-electron chi connectivity index (χ2n) is 4.96. The van der Waals surface area contributed by atoms with Crippen molar-refractivity contribution in [3.8, 4) is 0 Å². The number of nitrogens with one attached hydrogen (secondary N) is 1. The highest BCUT2D eigenvalue weighted by Crippen LogP contribution is 2.29. The predicted octanol–water partition coefficient (Wildman–Crippen LogP) is 2.29. The molecule has 0 amide bonds. The van der Waals surface area contributed by atoms with Crippen LogP contribution in [-0.2, 0) is 4.74 Å². The van der Waals surface area contributed by atoms with Gasteiger partial charge < -0.3 is 14.6 Å². The largest absolute Gasteiger partial charge is 0.372 e. The summed E-state index contributed by atoms with van der Waals surface area (Å²) >= 11 is 0. The fourth-order valence-corrected chi connectivity index (χ4v) is 2.47. The van der Waals surface area contributed by atoms with Crippen LogP contribution in [0.2, 0.25) is 0 Å². The monoisotopic (exact) mass is 237 g/mol. The number of nitrogens with zero attached hydrogens (tertiary/aromatic N) is 2. The van der Waals surface area contributed by atoms with E-state index in [9.17, 15) is 0 Å². The zero-order valence-corrected chi connectivity index (χ0v) is 11.0. The Hall–Kier alpha value is -0.870. The van der Waals surface area contributed by atoms with Gasteiger partial charge in [0.1, 0.15) is 6.10 Å². The maximum Gasteiger partial charge on any atom is 0.101 e. The standard InChI is InChI=1S/C13H23N3O/c1-4-15-11-5-6-17-13(7-11)12-8-14-9-16(12)10(2)3/h8-11,13,15H,4-7H2,1-3H3. The zero-order chi connectivity index (χ0) is 12.3. The molecule has 4 heteroatoms. The lowest BCUT2D eigenvalue weighted by Gasteiger charge is -2.31. The molecular formula is C13H23N3O. The molecule has 0 aromatic carbocycles. The molecule has 0 radical (unpaired) electrons. The minimum absolute atomic E-state index is 0.192. The first-order chi connectivity index (χ1) is 8.22. The van der Waals surface area contributed by atoms with Crippen LogP contribution in [0.3, 0.4) is 0 Å². The maximum atomic E-state index is 5.89. The Morgan fingerprint density at radius 1 is 1.59 bits per heavy atom. The van der Waals surface area contributed by atoms with E-state index in [2.05, 4.69) is 35.6 Å². The SMILES string of the molecule is CCNC1CCOC(c2cncn2C(C)C)C1. The highest BCUT2D eigenvalue weighted by atomic mass is 16.5. The molecule has 96 valence electrons. The van der Waals surface area contributed by atoms with Crippen LogP contribution in [0.1, 0.15) is 51.5 Å². The molecule has 0 bridgehead atoms. The van der Waals surface area contributed by atoms with Gasteiger partial charge in [0, 0.05) is 18.7 Å². The Morgan fingerprint density at radius 2 is 2.41 bits per heavy atom. The van der Waals surface area contributed by atoms with Crippen molar-refractivity contribution in [2.45, 2.75) is 51.8 Å². The van der Waals surface area contributed by atoms with Crippen molar-refractivity contribution in [3.05, 3.63) is 18.2 Å². The van der Waals surface area contributed by atoms with E-state index in [0.29, 0.717) is 12.1 Å². The molecule has 1 N–H and O–H groups in total. The van der Waals surface area contributed by atoms with Gasteiger partial charge in [0.05, 0.1) is 18.2 Å². The summed E-state index contributed by atoms with van der Waals surface area (Å²) < 4.78 is 8.10. The van der Waals surface area contributed by atoms with Crippen LogP contribution in [0.15, 0.2) is 12.5 Å². The van der Waals surface area contributed by atoms with E-state index >= 15 is 0 Å². The quantitative estimate of drug-likeness (QED) is 0.873. The van der Waals surface area contributed by atoms with E-state index < -0.39 is 0 Å². The minimum atomic E-state index is 0.192. The summed E-state index contributed by atoms with van der Waals surface area (Å²) in [5.41, 5.74) is 1.21. The lowest BCUT2D eigenvalue weighted by Crippen LogP contribution is -2.36. The van der Waals surface area contributed by atoms with E-state index in [1.807, 2.05) is 12.5 Å². The first-order valence-electron chi connectivity index (χ1n) is 6.59. The van der Waals surface area contributed by atoms with Gasteiger partial charge in [-0.05, 0) is 33.2 Å². The van der Waals surface area contributed by atoms with Gasteiger partial charge >= 0.3 is 0 Å². The van der Waals surface area contributed by atoms with Crippen molar-refractivity contribution in [2.75, 3.05) is 13.2 Å². The van der Waals surface area contributed by atoms with Crippen molar-refractivity contribution in [1.82, 2.24) is 14.9 Å². The first kappa shape index (κ1) is 12.6. The highest BCUT2D eigenvalue weighted by molar-refractivity contribution is 5.06. The molecule has 17 heavy (non-hydrogen) atoms. The van der Waals surface area contributed by atoms with Gasteiger partial charge in [-0.3, -0.25) is 0 Å². The number of imidazole rings is 1. The summed E-state index contributed by atoms with van der Waals surface area (Å²) in [4.78, 5) is 4.25. The average Bonchev–Trinajstić information content (AvgIpc) is 2.79. The van der Waals surface area contributed by atoms with Crippen molar-refractivity contribution < 1.29 is 4.74 Å². The Labute approximate surface area is 103 Å². The molecule has 1 aliphatic heterocycles. The summed E-state index contributed by atoms with van der Waals surface area (Å²) in [6, 6.07) is 1.02. The Balaban J connectivity index is 2.08. The molecule has 2 atom stereocenters. The van der Waals surface area contributed by atoms with E-state index in [0.717, 1.165) is 26.0 Å². The molecule has 1 aliphatic rings. The van der Waals surface area contributed by atoms with E-state index in [-0.39, 0.29) is 6.10 Å². The van der Waals surface area contributed by atoms with E-state index in [4.69, 9.17) is 4.74 Å². The van der Waals surface area contributed by atoms with Crippen LogP contribution >= 0.6 is 0 Å². The summed E-state index contributed by atoms with van der Waals surface area (Å²) in [7, 11) is 0. The van der Waals surface area contributed by atoms with Gasteiger partial charge in [-0.15, -0.1) is 0 Å². The van der Waals surface area contributed by atoms with Crippen molar-refractivity contribution in [2.24, 2.45) is 0 Å². The second-order valence-corrected chi connectivity index (χ2v) is 4.96. The van der Waals surface area contributed by atoms with Crippen LogP contribution in [0, 0.1) is 0 Å². The number of hydrogen-bond donors (Lipinski definition) is 1. The molecule has 1 saturated heterocycles. The molecule has 4 nitrogen and oxygen atoms in total. The third-order valence-corrected chi connectivity index (χ3v) is 3.36. The topological polar surface area (TPSA) is 39.1 Å². The smallest absolute Gasteiger partial charge is 0.101 e. The molecule has 1 fully saturated rings. The van der Waals surface area contributed by atoms with Crippen LogP contribution < -0.4 is 5.32 Å². The number of rotatable bonds is 4. The van der Waals surface area contributed by atoms with Crippen LogP contribution in [0.25, 0.3) is 0 Å². The van der Waals surface area contributed by atoms with Gasteiger partial charge in [-0.2, -0.15) is 0 Å². The Morgan fingerprint density at radius 3 is 3.12 bits per heavy atom. The van der Waals surface area contributed by atoms with Crippen LogP contribution in [0.5, 0.6) is 0 Å². The third kappa shape index (κ3) is 2.87. The molecule has 1 aromatic heterocycles. The fourth-order valence-electron chi connectivity index (χ4n) is 2.47. The summed E-state index contributed by atoms with van der Waals surface area (Å²) in [6.07, 6.45) is 6.20. The van der Waals surface area contributed by atoms with Crippen molar-refractivity contribution in [3.63, 3.8) is 0 Å². The maximum absolute atomic E-state index is 5.89. The average molecular weight is 237 g/mol. The zero-order valence-electron chi connectivity index (χ0n) is 11.0. The number of aromatic nitrogens is 2. The van der Waals surface area contributed by atoms with Crippen molar-refractivity contribution in [1.29, 1.82) is 0 Å². The number of hydrogen-bond acceptors (Lipinski definition) is 3. The van der Waals surface area contributed by atoms with Gasteiger partial charge in [0.15, 0.2) is 0 Å². The predicted molar refractivity (Wildman–Crippen MR) is 68.0 cm³/mol. The fraction of sp³-hybridized carbons (Fsp3) is 0.769. The Bertz CT molecular complexity index is 346. The van der Waals surface area contributed by atoms with Gasteiger partial charge in [0.25, 0.3) is 0 Å². The molecule has 2 heterocycles. The van der Waals surface area contributed by atoms with Crippen LogP contribution in [0.4, 0.5) is 0 Å². The third-order valence-electron chi connectivity index (χ3n) is 3.36. The summed E-state index contributed by atoms with van der Waals surface area (Å²) in [5, 5.41) is 3.52. The summed E-state index contributed by atoms with van der Waals surface area (Å²) in [5.74, 6) is 0. The minimum Gasteiger partial charge on any atom is -0.372 e. The van der Waals surface area contributed by atoms with Gasteiger partial charge in [-0.25, -0.2) is 4.98 Å². The van der Waals surface area contributed by atoms with Crippen LogP contribution in [-0.4, -0.2) is 28.7 Å². The molecule has 0 spiro atoms. The first-order valence-corrected chi connectivity index (χ1v) is 6.59. The number of ether oxygens (including phenoxy) is 1. The second kappa shape index (κ2) is 5.65. The Kier molecular flexibility index (Phi) is 4.18. The molecule has 0 saturated carbocycles. The summed E-state index contributed by atoms with van der Waals surface area (Å²) in [6.45, 7) is 8.38. The molecule has 2 rings (SSSR count). The lowest BCUT2D eigenvalue weighted by atomic mass is 10.0. The molecule has 0 aliphatic carbocycles. The highest BCUT2D eigenvalue weighted by Gasteiger charge is 2.26. The lowest BCUT2D eigenvalue weighted by molar-refractivity contribution is -0.00434. The van der Waals surface area contributed by atoms with E-state index in [1.165, 1.54) is 5.69 Å². The van der Waals surface area contributed by atoms with Gasteiger partial charge in [-0.1, -0.05) is 6.92 Å². The molecular weight excluding hydrogens is 214 g/mol. The molecule has 1 aromatic rings. The normalized spacial score (nSPS) is 25.4. The van der Waals surface area contributed by atoms with Crippen molar-refractivity contribution >= 4 is 0 Å².